The molecule has 0 saturated heterocycles. The van der Waals surface area contributed by atoms with E-state index in [0.29, 0.717) is 6.42 Å². The van der Waals surface area contributed by atoms with E-state index in [0.717, 1.165) is 0 Å². The van der Waals surface area contributed by atoms with Crippen molar-refractivity contribution in [3.63, 3.8) is 0 Å². The highest BCUT2D eigenvalue weighted by molar-refractivity contribution is 5.77. The molecule has 0 aliphatic rings. The Bertz CT molecular complexity index is 126. The van der Waals surface area contributed by atoms with Gasteiger partial charge in [-0.3, -0.25) is 0 Å². The van der Waals surface area contributed by atoms with Gasteiger partial charge in [0.15, 0.2) is 5.60 Å². The molecule has 4 nitrogen and oxygen atoms in total. The number of nitrogens with two attached hydrogens (primary N) is 1. The molecule has 1 atom stereocenters. The summed E-state index contributed by atoms with van der Waals surface area (Å²) in [5, 5.41) is 17.6. The van der Waals surface area contributed by atoms with Crippen LogP contribution in [-0.2, 0) is 4.79 Å². The summed E-state index contributed by atoms with van der Waals surface area (Å²) in [6, 6.07) is 0. The number of aliphatic hydroxyl groups is 1. The van der Waals surface area contributed by atoms with Crippen LogP contribution in [-0.4, -0.2) is 28.3 Å². The summed E-state index contributed by atoms with van der Waals surface area (Å²) < 4.78 is 0. The molecule has 0 bridgehead atoms. The minimum atomic E-state index is -1.71. The summed E-state index contributed by atoms with van der Waals surface area (Å²) in [6.45, 7) is 1.57. The Morgan fingerprint density at radius 1 is 1.70 bits per heavy atom. The van der Waals surface area contributed by atoms with Crippen molar-refractivity contribution in [2.75, 3.05) is 6.54 Å². The number of aliphatic carboxylic acids is 1. The lowest BCUT2D eigenvalue weighted by Crippen LogP contribution is -2.45. The van der Waals surface area contributed by atoms with Gasteiger partial charge in [-0.2, -0.15) is 0 Å². The average molecular weight is 147 g/mol. The van der Waals surface area contributed by atoms with Gasteiger partial charge in [-0.15, -0.1) is 0 Å². The molecule has 4 heteroatoms. The van der Waals surface area contributed by atoms with E-state index in [4.69, 9.17) is 10.8 Å². The van der Waals surface area contributed by atoms with Crippen molar-refractivity contribution in [1.82, 2.24) is 0 Å². The maximum Gasteiger partial charge on any atom is 0.337 e. The van der Waals surface area contributed by atoms with Crippen LogP contribution in [0.25, 0.3) is 0 Å². The first-order chi connectivity index (χ1) is 4.56. The van der Waals surface area contributed by atoms with Crippen LogP contribution < -0.4 is 5.73 Å². The summed E-state index contributed by atoms with van der Waals surface area (Å²) in [5.41, 5.74) is 3.35. The van der Waals surface area contributed by atoms with Crippen LogP contribution in [0.2, 0.25) is 0 Å². The van der Waals surface area contributed by atoms with Gasteiger partial charge in [0.2, 0.25) is 0 Å². The maximum absolute atomic E-state index is 10.3. The lowest BCUT2D eigenvalue weighted by Gasteiger charge is -2.19. The maximum atomic E-state index is 10.3. The first-order valence-corrected chi connectivity index (χ1v) is 3.22. The summed E-state index contributed by atoms with van der Waals surface area (Å²) in [5.74, 6) is -1.24. The molecule has 0 rings (SSSR count). The molecule has 1 unspecified atom stereocenters. The smallest absolute Gasteiger partial charge is 0.337 e. The number of hydrogen-bond donors (Lipinski definition) is 3. The predicted molar refractivity (Wildman–Crippen MR) is 36.5 cm³/mol. The monoisotopic (exact) mass is 147 g/mol. The molecule has 0 aliphatic heterocycles. The number of carboxylic acid groups (broad SMARTS) is 1. The van der Waals surface area contributed by atoms with Gasteiger partial charge in [-0.05, 0) is 6.42 Å². The van der Waals surface area contributed by atoms with Gasteiger partial charge in [0.25, 0.3) is 0 Å². The Hall–Kier alpha value is -0.610. The standard InChI is InChI=1S/C6H13NO3/c1-2-3-6(10,4-7)5(8)9/h10H,2-4,7H2,1H3,(H,8,9). The van der Waals surface area contributed by atoms with Crippen molar-refractivity contribution in [1.29, 1.82) is 0 Å². The van der Waals surface area contributed by atoms with E-state index in [-0.39, 0.29) is 13.0 Å². The highest BCUT2D eigenvalue weighted by Gasteiger charge is 2.32. The molecule has 0 aliphatic carbocycles. The van der Waals surface area contributed by atoms with Gasteiger partial charge >= 0.3 is 5.97 Å². The molecule has 0 aromatic heterocycles. The topological polar surface area (TPSA) is 83.5 Å². The molecule has 0 spiro atoms. The van der Waals surface area contributed by atoms with Gasteiger partial charge in [0.1, 0.15) is 0 Å². The highest BCUT2D eigenvalue weighted by Crippen LogP contribution is 2.10. The first kappa shape index (κ1) is 9.39. The minimum Gasteiger partial charge on any atom is -0.479 e. The summed E-state index contributed by atoms with van der Waals surface area (Å²) >= 11 is 0. The zero-order valence-electron chi connectivity index (χ0n) is 6.00. The third-order valence-electron chi connectivity index (χ3n) is 1.40. The van der Waals surface area contributed by atoms with E-state index in [1.807, 2.05) is 0 Å². The van der Waals surface area contributed by atoms with Crippen molar-refractivity contribution < 1.29 is 15.0 Å². The van der Waals surface area contributed by atoms with Crippen LogP contribution in [0.5, 0.6) is 0 Å². The average Bonchev–Trinajstić information content (AvgIpc) is 1.88. The number of carboxylic acids is 1. The van der Waals surface area contributed by atoms with Crippen LogP contribution in [0.15, 0.2) is 0 Å². The SMILES string of the molecule is CCCC(O)(CN)C(=O)O. The van der Waals surface area contributed by atoms with Crippen LogP contribution in [0.4, 0.5) is 0 Å². The van der Waals surface area contributed by atoms with E-state index >= 15 is 0 Å². The normalized spacial score (nSPS) is 16.3. The van der Waals surface area contributed by atoms with Gasteiger partial charge in [0, 0.05) is 6.54 Å². The lowest BCUT2D eigenvalue weighted by atomic mass is 9.99. The van der Waals surface area contributed by atoms with Crippen molar-refractivity contribution in [2.45, 2.75) is 25.4 Å². The second kappa shape index (κ2) is 3.53. The van der Waals surface area contributed by atoms with Crippen LogP contribution in [0, 0.1) is 0 Å². The van der Waals surface area contributed by atoms with E-state index < -0.39 is 11.6 Å². The lowest BCUT2D eigenvalue weighted by molar-refractivity contribution is -0.158. The molecule has 0 fully saturated rings. The third-order valence-corrected chi connectivity index (χ3v) is 1.40. The number of hydrogen-bond acceptors (Lipinski definition) is 3. The van der Waals surface area contributed by atoms with Gasteiger partial charge < -0.3 is 15.9 Å². The van der Waals surface area contributed by atoms with Crippen LogP contribution in [0.3, 0.4) is 0 Å². The quantitative estimate of drug-likeness (QED) is 0.503. The second-order valence-electron chi connectivity index (χ2n) is 2.29. The second-order valence-corrected chi connectivity index (χ2v) is 2.29. The molecule has 0 aromatic rings. The fourth-order valence-corrected chi connectivity index (χ4v) is 0.710. The molecule has 10 heavy (non-hydrogen) atoms. The Balaban J connectivity index is 4.08. The first-order valence-electron chi connectivity index (χ1n) is 3.22. The highest BCUT2D eigenvalue weighted by atomic mass is 16.4. The number of carbonyl (C=O) groups is 1. The molecule has 0 aromatic carbocycles. The summed E-state index contributed by atoms with van der Waals surface area (Å²) in [4.78, 5) is 10.3. The Labute approximate surface area is 59.7 Å². The van der Waals surface area contributed by atoms with Crippen molar-refractivity contribution in [3.05, 3.63) is 0 Å². The fraction of sp³-hybridized carbons (Fsp3) is 0.833. The molecular formula is C6H13NO3. The molecule has 0 amide bonds. The van der Waals surface area contributed by atoms with Crippen LogP contribution >= 0.6 is 0 Å². The molecule has 4 N–H and O–H groups in total. The van der Waals surface area contributed by atoms with Crippen molar-refractivity contribution in [2.24, 2.45) is 5.73 Å². The van der Waals surface area contributed by atoms with Crippen molar-refractivity contribution in [3.8, 4) is 0 Å². The van der Waals surface area contributed by atoms with E-state index in [2.05, 4.69) is 0 Å². The zero-order chi connectivity index (χ0) is 8.20. The largest absolute Gasteiger partial charge is 0.479 e. The molecule has 0 radical (unpaired) electrons. The summed E-state index contributed by atoms with van der Waals surface area (Å²) in [6.07, 6.45) is 0.818. The minimum absolute atomic E-state index is 0.207. The molecule has 0 heterocycles. The molecular weight excluding hydrogens is 134 g/mol. The molecule has 60 valence electrons. The fourth-order valence-electron chi connectivity index (χ4n) is 0.710. The van der Waals surface area contributed by atoms with Crippen LogP contribution in [0.1, 0.15) is 19.8 Å². The Morgan fingerprint density at radius 3 is 2.30 bits per heavy atom. The van der Waals surface area contributed by atoms with E-state index in [9.17, 15) is 9.90 Å². The number of rotatable bonds is 4. The zero-order valence-corrected chi connectivity index (χ0v) is 6.00. The van der Waals surface area contributed by atoms with E-state index in [1.54, 1.807) is 6.92 Å². The van der Waals surface area contributed by atoms with Crippen molar-refractivity contribution >= 4 is 5.97 Å². The Morgan fingerprint density at radius 2 is 2.20 bits per heavy atom. The van der Waals surface area contributed by atoms with Gasteiger partial charge in [-0.1, -0.05) is 13.3 Å². The predicted octanol–water partition coefficient (Wildman–Crippen LogP) is -0.439. The third kappa shape index (κ3) is 1.97. The Kier molecular flexibility index (Phi) is 3.32. The summed E-state index contributed by atoms with van der Waals surface area (Å²) in [7, 11) is 0. The van der Waals surface area contributed by atoms with E-state index in [1.165, 1.54) is 0 Å². The van der Waals surface area contributed by atoms with Gasteiger partial charge in [0.05, 0.1) is 0 Å². The molecule has 0 saturated carbocycles. The van der Waals surface area contributed by atoms with Gasteiger partial charge in [-0.25, -0.2) is 4.79 Å².